The van der Waals surface area contributed by atoms with Crippen molar-refractivity contribution in [2.75, 3.05) is 6.61 Å². The van der Waals surface area contributed by atoms with Gasteiger partial charge in [0, 0.05) is 23.5 Å². The molecule has 0 spiro atoms. The number of cyclic esters (lactones) is 1. The number of nitrogens with one attached hydrogen (secondary N) is 1. The standard InChI is InChI=1S/C29H46N2O4/c1-17(2)25(30)26(33)31-20-9-12-27(3)19(15-20)6-7-23-22(27)10-13-28(4)21(11-14-29(23,28)34)18-5-8-24(32)35-16-18/h5,8,17-23,25,34H,6-7,9-16,30H2,1-4H3,(H,31,33). The van der Waals surface area contributed by atoms with Gasteiger partial charge >= 0.3 is 5.97 Å². The Morgan fingerprint density at radius 2 is 1.83 bits per heavy atom. The topological polar surface area (TPSA) is 102 Å². The molecule has 4 aliphatic carbocycles. The quantitative estimate of drug-likeness (QED) is 0.522. The van der Waals surface area contributed by atoms with E-state index in [1.165, 1.54) is 6.42 Å². The average molecular weight is 487 g/mol. The van der Waals surface area contributed by atoms with Gasteiger partial charge in [-0.2, -0.15) is 0 Å². The summed E-state index contributed by atoms with van der Waals surface area (Å²) in [6, 6.07) is -0.224. The predicted molar refractivity (Wildman–Crippen MR) is 135 cm³/mol. The van der Waals surface area contributed by atoms with E-state index in [1.54, 1.807) is 6.08 Å². The number of nitrogens with two attached hydrogens (primary N) is 1. The Morgan fingerprint density at radius 3 is 2.51 bits per heavy atom. The third-order valence-corrected chi connectivity index (χ3v) is 11.7. The molecule has 35 heavy (non-hydrogen) atoms. The van der Waals surface area contributed by atoms with E-state index in [2.05, 4.69) is 19.2 Å². The van der Waals surface area contributed by atoms with Crippen molar-refractivity contribution in [1.29, 1.82) is 0 Å². The lowest BCUT2D eigenvalue weighted by Crippen LogP contribution is -2.63. The lowest BCUT2D eigenvalue weighted by atomic mass is 9.43. The minimum Gasteiger partial charge on any atom is -0.462 e. The molecule has 10 atom stereocenters. The van der Waals surface area contributed by atoms with Gasteiger partial charge in [0.25, 0.3) is 0 Å². The maximum absolute atomic E-state index is 12.6. The number of hydrogen-bond donors (Lipinski definition) is 3. The Labute approximate surface area is 210 Å². The second-order valence-electron chi connectivity index (χ2n) is 13.4. The highest BCUT2D eigenvalue weighted by molar-refractivity contribution is 5.82. The number of aliphatic hydroxyl groups is 1. The summed E-state index contributed by atoms with van der Waals surface area (Å²) in [4.78, 5) is 24.2. The van der Waals surface area contributed by atoms with Gasteiger partial charge in [0.05, 0.1) is 18.2 Å². The zero-order chi connectivity index (χ0) is 25.2. The van der Waals surface area contributed by atoms with Gasteiger partial charge < -0.3 is 20.9 Å². The van der Waals surface area contributed by atoms with Crippen molar-refractivity contribution in [3.63, 3.8) is 0 Å². The van der Waals surface area contributed by atoms with Gasteiger partial charge in [-0.3, -0.25) is 4.79 Å². The van der Waals surface area contributed by atoms with Crippen LogP contribution in [0.15, 0.2) is 12.2 Å². The van der Waals surface area contributed by atoms with E-state index in [9.17, 15) is 14.7 Å². The highest BCUT2D eigenvalue weighted by Gasteiger charge is 2.67. The fourth-order valence-corrected chi connectivity index (χ4v) is 9.42. The van der Waals surface area contributed by atoms with Gasteiger partial charge in [-0.1, -0.05) is 33.8 Å². The van der Waals surface area contributed by atoms with Crippen LogP contribution in [-0.4, -0.2) is 41.3 Å². The highest BCUT2D eigenvalue weighted by Crippen LogP contribution is 2.69. The number of carbonyl (C=O) groups excluding carboxylic acids is 2. The fourth-order valence-electron chi connectivity index (χ4n) is 9.42. The molecular weight excluding hydrogens is 440 g/mol. The first-order chi connectivity index (χ1) is 16.5. The van der Waals surface area contributed by atoms with Crippen LogP contribution in [0.1, 0.15) is 85.5 Å². The maximum Gasteiger partial charge on any atom is 0.330 e. The summed E-state index contributed by atoms with van der Waals surface area (Å²) >= 11 is 0. The van der Waals surface area contributed by atoms with E-state index in [0.29, 0.717) is 30.3 Å². The average Bonchev–Trinajstić information content (AvgIpc) is 3.10. The summed E-state index contributed by atoms with van der Waals surface area (Å²) in [6.45, 7) is 9.25. The molecule has 4 saturated carbocycles. The molecule has 1 aliphatic heterocycles. The van der Waals surface area contributed by atoms with Gasteiger partial charge in [-0.05, 0) is 92.8 Å². The summed E-state index contributed by atoms with van der Waals surface area (Å²) in [5.74, 6) is 1.92. The minimum absolute atomic E-state index is 0.00975. The van der Waals surface area contributed by atoms with Gasteiger partial charge in [-0.15, -0.1) is 0 Å². The maximum atomic E-state index is 12.6. The summed E-state index contributed by atoms with van der Waals surface area (Å²) in [5.41, 5.74) is 5.55. The molecule has 0 aromatic carbocycles. The van der Waals surface area contributed by atoms with Crippen molar-refractivity contribution >= 4 is 11.9 Å². The predicted octanol–water partition coefficient (Wildman–Crippen LogP) is 3.96. The van der Waals surface area contributed by atoms with Crippen LogP contribution in [-0.2, 0) is 14.3 Å². The molecule has 4 fully saturated rings. The first kappa shape index (κ1) is 25.3. The van der Waals surface area contributed by atoms with Crippen molar-refractivity contribution in [2.45, 2.75) is 103 Å². The van der Waals surface area contributed by atoms with Crippen LogP contribution < -0.4 is 11.1 Å². The molecule has 5 rings (SSSR count). The molecule has 5 aliphatic rings. The van der Waals surface area contributed by atoms with E-state index < -0.39 is 11.6 Å². The number of hydrogen-bond acceptors (Lipinski definition) is 5. The molecule has 6 heteroatoms. The van der Waals surface area contributed by atoms with Crippen molar-refractivity contribution in [2.24, 2.45) is 52.1 Å². The zero-order valence-corrected chi connectivity index (χ0v) is 22.1. The molecule has 10 unspecified atom stereocenters. The van der Waals surface area contributed by atoms with Gasteiger partial charge in [0.2, 0.25) is 5.91 Å². The van der Waals surface area contributed by atoms with Crippen LogP contribution in [0.3, 0.4) is 0 Å². The number of rotatable bonds is 4. The van der Waals surface area contributed by atoms with E-state index >= 15 is 0 Å². The first-order valence-corrected chi connectivity index (χ1v) is 14.1. The van der Waals surface area contributed by atoms with E-state index in [0.717, 1.165) is 51.4 Å². The molecule has 0 aromatic heterocycles. The van der Waals surface area contributed by atoms with Gasteiger partial charge in [0.1, 0.15) is 0 Å². The van der Waals surface area contributed by atoms with Crippen LogP contribution in [0.4, 0.5) is 0 Å². The van der Waals surface area contributed by atoms with E-state index in [1.807, 2.05) is 19.9 Å². The van der Waals surface area contributed by atoms with E-state index in [-0.39, 0.29) is 40.6 Å². The molecule has 4 N–H and O–H groups in total. The lowest BCUT2D eigenvalue weighted by molar-refractivity contribution is -0.210. The molecule has 196 valence electrons. The monoisotopic (exact) mass is 486 g/mol. The Balaban J connectivity index is 1.31. The zero-order valence-electron chi connectivity index (χ0n) is 22.1. The van der Waals surface area contributed by atoms with Crippen molar-refractivity contribution < 1.29 is 19.4 Å². The Kier molecular flexibility index (Phi) is 6.40. The minimum atomic E-state index is -0.640. The van der Waals surface area contributed by atoms with Crippen LogP contribution in [0.25, 0.3) is 0 Å². The molecule has 0 saturated heterocycles. The van der Waals surface area contributed by atoms with Crippen LogP contribution in [0, 0.1) is 46.3 Å². The highest BCUT2D eigenvalue weighted by atomic mass is 16.5. The third-order valence-electron chi connectivity index (χ3n) is 11.7. The second kappa shape index (κ2) is 8.86. The molecular formula is C29H46N2O4. The third kappa shape index (κ3) is 3.89. The first-order valence-electron chi connectivity index (χ1n) is 14.1. The van der Waals surface area contributed by atoms with Gasteiger partial charge in [0.15, 0.2) is 0 Å². The number of amides is 1. The Hall–Kier alpha value is -1.40. The molecule has 0 radical (unpaired) electrons. The smallest absolute Gasteiger partial charge is 0.330 e. The molecule has 1 amide bonds. The number of ether oxygens (including phenoxy) is 1. The van der Waals surface area contributed by atoms with Crippen molar-refractivity contribution in [1.82, 2.24) is 5.32 Å². The number of esters is 1. The Bertz CT molecular complexity index is 888. The summed E-state index contributed by atoms with van der Waals surface area (Å²) in [7, 11) is 0. The normalized spacial score (nSPS) is 47.9. The summed E-state index contributed by atoms with van der Waals surface area (Å²) in [6.07, 6.45) is 13.0. The second-order valence-corrected chi connectivity index (χ2v) is 13.4. The van der Waals surface area contributed by atoms with Crippen LogP contribution in [0.2, 0.25) is 0 Å². The van der Waals surface area contributed by atoms with Crippen LogP contribution in [0.5, 0.6) is 0 Å². The van der Waals surface area contributed by atoms with Gasteiger partial charge in [-0.25, -0.2) is 4.79 Å². The molecule has 0 bridgehead atoms. The number of carbonyl (C=O) groups is 2. The summed E-state index contributed by atoms with van der Waals surface area (Å²) < 4.78 is 5.37. The summed E-state index contributed by atoms with van der Waals surface area (Å²) in [5, 5.41) is 15.7. The largest absolute Gasteiger partial charge is 0.462 e. The van der Waals surface area contributed by atoms with Crippen molar-refractivity contribution in [3.05, 3.63) is 12.2 Å². The number of fused-ring (bicyclic) bond motifs is 5. The SMILES string of the molecule is CC(C)C(N)C(=O)NC1CCC2(C)C(CCC3C2CCC2(C)C(C4C=CC(=O)OC4)CCC32O)C1. The molecule has 0 aromatic rings. The molecule has 6 nitrogen and oxygen atoms in total. The lowest BCUT2D eigenvalue weighted by Gasteiger charge is -2.64. The van der Waals surface area contributed by atoms with E-state index in [4.69, 9.17) is 10.5 Å². The molecule has 1 heterocycles. The van der Waals surface area contributed by atoms with Crippen LogP contribution >= 0.6 is 0 Å². The Morgan fingerprint density at radius 1 is 1.09 bits per heavy atom. The fraction of sp³-hybridized carbons (Fsp3) is 0.862. The van der Waals surface area contributed by atoms with Crippen molar-refractivity contribution in [3.8, 4) is 0 Å².